The molecule has 0 aromatic carbocycles. The van der Waals surface area contributed by atoms with E-state index in [1.54, 1.807) is 0 Å². The zero-order valence-electron chi connectivity index (χ0n) is 15.8. The molecule has 2 rings (SSSR count). The molecular formula is C19H33ClIN5. The number of aromatic nitrogens is 1. The third kappa shape index (κ3) is 9.92. The molecule has 0 atom stereocenters. The molecule has 5 nitrogen and oxygen atoms in total. The van der Waals surface area contributed by atoms with E-state index >= 15 is 0 Å². The first kappa shape index (κ1) is 23.4. The van der Waals surface area contributed by atoms with Gasteiger partial charge in [-0.15, -0.1) is 24.0 Å². The number of unbranched alkanes of at least 4 members (excludes halogenated alkanes) is 2. The molecule has 0 unspecified atom stereocenters. The molecule has 1 aromatic heterocycles. The lowest BCUT2D eigenvalue weighted by molar-refractivity contribution is 0.224. The molecule has 0 radical (unpaired) electrons. The first-order valence-corrected chi connectivity index (χ1v) is 9.93. The first-order valence-electron chi connectivity index (χ1n) is 9.55. The Hall–Kier alpha value is -0.600. The number of hydrogen-bond donors (Lipinski definition) is 2. The minimum absolute atomic E-state index is 0. The molecule has 0 bridgehead atoms. The predicted octanol–water partition coefficient (Wildman–Crippen LogP) is 3.72. The van der Waals surface area contributed by atoms with E-state index in [0.29, 0.717) is 5.15 Å². The number of aliphatic imine (C=N–C) groups is 1. The van der Waals surface area contributed by atoms with Crippen molar-refractivity contribution < 1.29 is 0 Å². The Balaban J connectivity index is 0.00000338. The molecule has 1 saturated heterocycles. The van der Waals surface area contributed by atoms with Crippen LogP contribution in [-0.2, 0) is 6.42 Å². The second-order valence-electron chi connectivity index (χ2n) is 6.63. The van der Waals surface area contributed by atoms with Crippen LogP contribution in [0, 0.1) is 0 Å². The molecule has 0 spiro atoms. The van der Waals surface area contributed by atoms with Crippen LogP contribution in [0.2, 0.25) is 5.15 Å². The lowest BCUT2D eigenvalue weighted by atomic mass is 10.1. The van der Waals surface area contributed by atoms with Gasteiger partial charge in [0, 0.05) is 26.3 Å². The van der Waals surface area contributed by atoms with Gasteiger partial charge < -0.3 is 15.5 Å². The van der Waals surface area contributed by atoms with E-state index in [1.165, 1.54) is 63.7 Å². The van der Waals surface area contributed by atoms with Crippen LogP contribution in [-0.4, -0.2) is 55.6 Å². The molecule has 7 heteroatoms. The van der Waals surface area contributed by atoms with Crippen molar-refractivity contribution in [3.8, 4) is 0 Å². The van der Waals surface area contributed by atoms with Crippen molar-refractivity contribution in [3.63, 3.8) is 0 Å². The van der Waals surface area contributed by atoms with Crippen LogP contribution < -0.4 is 10.6 Å². The Morgan fingerprint density at radius 1 is 1.12 bits per heavy atom. The molecule has 1 aromatic rings. The van der Waals surface area contributed by atoms with Gasteiger partial charge in [-0.25, -0.2) is 4.98 Å². The van der Waals surface area contributed by atoms with Gasteiger partial charge >= 0.3 is 0 Å². The minimum atomic E-state index is 0. The summed E-state index contributed by atoms with van der Waals surface area (Å²) in [5.74, 6) is 0.873. The molecule has 1 aliphatic rings. The van der Waals surface area contributed by atoms with Gasteiger partial charge in [0.2, 0.25) is 0 Å². The predicted molar refractivity (Wildman–Crippen MR) is 122 cm³/mol. The normalized spacial score (nSPS) is 15.4. The van der Waals surface area contributed by atoms with Crippen molar-refractivity contribution in [1.82, 2.24) is 20.5 Å². The smallest absolute Gasteiger partial charge is 0.190 e. The Morgan fingerprint density at radius 3 is 2.58 bits per heavy atom. The lowest BCUT2D eigenvalue weighted by Crippen LogP contribution is -2.38. The fourth-order valence-corrected chi connectivity index (χ4v) is 3.24. The topological polar surface area (TPSA) is 52.6 Å². The van der Waals surface area contributed by atoms with Crippen molar-refractivity contribution in [2.45, 2.75) is 44.9 Å². The van der Waals surface area contributed by atoms with Crippen LogP contribution in [0.1, 0.15) is 44.1 Å². The van der Waals surface area contributed by atoms with E-state index in [2.05, 4.69) is 25.5 Å². The number of guanidine groups is 1. The van der Waals surface area contributed by atoms with Crippen LogP contribution in [0.4, 0.5) is 0 Å². The maximum Gasteiger partial charge on any atom is 0.190 e. The zero-order chi connectivity index (χ0) is 17.7. The Morgan fingerprint density at radius 2 is 1.88 bits per heavy atom. The van der Waals surface area contributed by atoms with Gasteiger partial charge in [-0.1, -0.05) is 30.5 Å². The highest BCUT2D eigenvalue weighted by Gasteiger charge is 2.08. The Labute approximate surface area is 180 Å². The van der Waals surface area contributed by atoms with Crippen molar-refractivity contribution in [2.75, 3.05) is 39.8 Å². The van der Waals surface area contributed by atoms with Crippen molar-refractivity contribution in [1.29, 1.82) is 0 Å². The number of nitrogens with zero attached hydrogens (tertiary/aromatic N) is 3. The van der Waals surface area contributed by atoms with Gasteiger partial charge in [0.15, 0.2) is 5.96 Å². The summed E-state index contributed by atoms with van der Waals surface area (Å²) in [5, 5.41) is 7.27. The quantitative estimate of drug-likeness (QED) is 0.181. The van der Waals surface area contributed by atoms with Crippen molar-refractivity contribution in [3.05, 3.63) is 29.0 Å². The fourth-order valence-electron chi connectivity index (χ4n) is 3.13. The largest absolute Gasteiger partial charge is 0.356 e. The summed E-state index contributed by atoms with van der Waals surface area (Å²) < 4.78 is 0. The van der Waals surface area contributed by atoms with Crippen LogP contribution in [0.5, 0.6) is 0 Å². The number of nitrogens with one attached hydrogen (secondary N) is 2. The second-order valence-corrected chi connectivity index (χ2v) is 7.02. The number of hydrogen-bond acceptors (Lipinski definition) is 3. The number of halogens is 2. The van der Waals surface area contributed by atoms with Gasteiger partial charge in [-0.05, 0) is 63.4 Å². The van der Waals surface area contributed by atoms with Crippen LogP contribution in [0.3, 0.4) is 0 Å². The molecule has 2 heterocycles. The molecular weight excluding hydrogens is 461 g/mol. The van der Waals surface area contributed by atoms with E-state index in [-0.39, 0.29) is 24.0 Å². The van der Waals surface area contributed by atoms with Gasteiger partial charge in [0.25, 0.3) is 0 Å². The van der Waals surface area contributed by atoms with E-state index < -0.39 is 0 Å². The standard InChI is InChI=1S/C19H32ClN5.HI/c1-21-19(23-12-10-17-8-9-18(20)24-16-17)22-11-4-2-5-13-25-14-6-3-7-15-25;/h8-9,16H,2-7,10-15H2,1H3,(H2,21,22,23);1H. The maximum absolute atomic E-state index is 5.80. The average Bonchev–Trinajstić information content (AvgIpc) is 2.65. The summed E-state index contributed by atoms with van der Waals surface area (Å²) >= 11 is 5.80. The second kappa shape index (κ2) is 14.5. The average molecular weight is 494 g/mol. The molecule has 0 amide bonds. The highest BCUT2D eigenvalue weighted by atomic mass is 127. The lowest BCUT2D eigenvalue weighted by Gasteiger charge is -2.26. The van der Waals surface area contributed by atoms with Gasteiger partial charge in [-0.3, -0.25) is 4.99 Å². The Bertz CT molecular complexity index is 503. The summed E-state index contributed by atoms with van der Waals surface area (Å²) in [5.41, 5.74) is 1.17. The molecule has 0 aliphatic carbocycles. The van der Waals surface area contributed by atoms with E-state index in [4.69, 9.17) is 11.6 Å². The number of piperidine rings is 1. The van der Waals surface area contributed by atoms with Gasteiger partial charge in [0.1, 0.15) is 5.15 Å². The number of rotatable bonds is 9. The summed E-state index contributed by atoms with van der Waals surface area (Å²) in [6.07, 6.45) is 10.7. The molecule has 1 fully saturated rings. The van der Waals surface area contributed by atoms with E-state index in [9.17, 15) is 0 Å². The SMILES string of the molecule is CN=C(NCCCCCN1CCCCC1)NCCc1ccc(Cl)nc1.I. The Kier molecular flexibility index (Phi) is 13.0. The highest BCUT2D eigenvalue weighted by Crippen LogP contribution is 2.09. The van der Waals surface area contributed by atoms with E-state index in [1.807, 2.05) is 25.4 Å². The molecule has 26 heavy (non-hydrogen) atoms. The van der Waals surface area contributed by atoms with Crippen molar-refractivity contribution >= 4 is 41.5 Å². The van der Waals surface area contributed by atoms with Gasteiger partial charge in [0.05, 0.1) is 0 Å². The third-order valence-electron chi connectivity index (χ3n) is 4.61. The maximum atomic E-state index is 5.80. The fraction of sp³-hybridized carbons (Fsp3) is 0.684. The van der Waals surface area contributed by atoms with Crippen molar-refractivity contribution in [2.24, 2.45) is 4.99 Å². The molecule has 1 aliphatic heterocycles. The minimum Gasteiger partial charge on any atom is -0.356 e. The molecule has 148 valence electrons. The monoisotopic (exact) mass is 493 g/mol. The summed E-state index contributed by atoms with van der Waals surface area (Å²) in [4.78, 5) is 11.0. The van der Waals surface area contributed by atoms with E-state index in [0.717, 1.165) is 25.5 Å². The van der Waals surface area contributed by atoms with Crippen LogP contribution in [0.25, 0.3) is 0 Å². The first-order chi connectivity index (χ1) is 12.3. The summed E-state index contributed by atoms with van der Waals surface area (Å²) in [7, 11) is 1.82. The molecule has 0 saturated carbocycles. The number of pyridine rings is 1. The summed E-state index contributed by atoms with van der Waals surface area (Å²) in [6, 6.07) is 3.84. The molecule has 2 N–H and O–H groups in total. The number of likely N-dealkylation sites (tertiary alicyclic amines) is 1. The third-order valence-corrected chi connectivity index (χ3v) is 4.83. The van der Waals surface area contributed by atoms with Gasteiger partial charge in [-0.2, -0.15) is 0 Å². The highest BCUT2D eigenvalue weighted by molar-refractivity contribution is 14.0. The van der Waals surface area contributed by atoms with Crippen LogP contribution in [0.15, 0.2) is 23.3 Å². The van der Waals surface area contributed by atoms with Crippen LogP contribution >= 0.6 is 35.6 Å². The zero-order valence-corrected chi connectivity index (χ0v) is 18.9. The summed E-state index contributed by atoms with van der Waals surface area (Å²) in [6.45, 7) is 5.68.